The summed E-state index contributed by atoms with van der Waals surface area (Å²) in [5.74, 6) is -0.641. The van der Waals surface area contributed by atoms with Crippen LogP contribution >= 0.6 is 0 Å². The van der Waals surface area contributed by atoms with Crippen LogP contribution in [0, 0.1) is 19.3 Å². The second-order valence-corrected chi connectivity index (χ2v) is 9.27. The highest BCUT2D eigenvalue weighted by molar-refractivity contribution is 7.86. The lowest BCUT2D eigenvalue weighted by Gasteiger charge is -2.22. The average molecular weight is 511 g/mol. The first-order valence-electron chi connectivity index (χ1n) is 11.2. The molecule has 11 heteroatoms. The Balaban J connectivity index is 1.55. The Morgan fingerprint density at radius 2 is 1.86 bits per heavy atom. The molecule has 0 saturated heterocycles. The van der Waals surface area contributed by atoms with Crippen molar-refractivity contribution in [3.63, 3.8) is 0 Å². The summed E-state index contributed by atoms with van der Waals surface area (Å²) in [6.07, 6.45) is 0. The zero-order valence-corrected chi connectivity index (χ0v) is 21.0. The fourth-order valence-electron chi connectivity index (χ4n) is 3.33. The number of nitrogens with zero attached hydrogens (tertiary/aromatic N) is 2. The number of pyridine rings is 1. The molecule has 0 spiro atoms. The SMILES string of the molecule is Cc1cccc(S(=O)Nc2ccc(C)n(CC(=O)NCCON(Cc3ccccc3)C(=N)N)c2=O)c1. The van der Waals surface area contributed by atoms with Crippen LogP contribution in [-0.2, 0) is 33.7 Å². The lowest BCUT2D eigenvalue weighted by atomic mass is 10.2. The van der Waals surface area contributed by atoms with Crippen molar-refractivity contribution in [1.82, 2.24) is 14.9 Å². The molecule has 10 nitrogen and oxygen atoms in total. The molecule has 1 unspecified atom stereocenters. The molecule has 5 N–H and O–H groups in total. The molecule has 0 fully saturated rings. The van der Waals surface area contributed by atoms with Crippen molar-refractivity contribution in [3.05, 3.63) is 93.9 Å². The van der Waals surface area contributed by atoms with E-state index in [0.29, 0.717) is 17.1 Å². The van der Waals surface area contributed by atoms with E-state index in [1.807, 2.05) is 43.3 Å². The maximum absolute atomic E-state index is 12.9. The lowest BCUT2D eigenvalue weighted by molar-refractivity contribution is -0.125. The number of nitrogens with two attached hydrogens (primary N) is 1. The van der Waals surface area contributed by atoms with Gasteiger partial charge in [-0.2, -0.15) is 0 Å². The molecule has 1 aromatic heterocycles. The minimum atomic E-state index is -1.62. The number of aryl methyl sites for hydroxylation is 2. The fourth-order valence-corrected chi connectivity index (χ4v) is 4.30. The number of rotatable bonds is 11. The number of benzene rings is 2. The molecule has 2 aromatic carbocycles. The van der Waals surface area contributed by atoms with Gasteiger partial charge in [0.05, 0.1) is 18.0 Å². The van der Waals surface area contributed by atoms with E-state index in [9.17, 15) is 13.8 Å². The van der Waals surface area contributed by atoms with E-state index >= 15 is 0 Å². The summed E-state index contributed by atoms with van der Waals surface area (Å²) in [4.78, 5) is 31.5. The fraction of sp³-hybridized carbons (Fsp3) is 0.240. The van der Waals surface area contributed by atoms with E-state index in [1.54, 1.807) is 37.3 Å². The molecule has 0 radical (unpaired) electrons. The predicted molar refractivity (Wildman–Crippen MR) is 140 cm³/mol. The second kappa shape index (κ2) is 12.7. The molecule has 0 aliphatic rings. The number of hydrogen-bond donors (Lipinski definition) is 4. The molecule has 0 aliphatic carbocycles. The van der Waals surface area contributed by atoms with Gasteiger partial charge in [-0.1, -0.05) is 42.5 Å². The number of carbonyl (C=O) groups is 1. The molecule has 190 valence electrons. The van der Waals surface area contributed by atoms with Crippen LogP contribution in [0.5, 0.6) is 0 Å². The van der Waals surface area contributed by atoms with Gasteiger partial charge in [0.1, 0.15) is 23.2 Å². The first-order valence-corrected chi connectivity index (χ1v) is 12.4. The van der Waals surface area contributed by atoms with Gasteiger partial charge >= 0.3 is 0 Å². The maximum atomic E-state index is 12.9. The number of amides is 1. The Bertz CT molecular complexity index is 1300. The number of hydrogen-bond acceptors (Lipinski definition) is 5. The quantitative estimate of drug-likeness (QED) is 0.135. The van der Waals surface area contributed by atoms with Crippen molar-refractivity contribution >= 4 is 28.5 Å². The van der Waals surface area contributed by atoms with E-state index in [1.165, 1.54) is 9.63 Å². The highest BCUT2D eigenvalue weighted by Crippen LogP contribution is 2.12. The number of guanidine groups is 1. The summed E-state index contributed by atoms with van der Waals surface area (Å²) in [6, 6.07) is 19.8. The number of anilines is 1. The first-order chi connectivity index (χ1) is 17.2. The molecule has 0 saturated carbocycles. The Labute approximate surface area is 212 Å². The molecular weight excluding hydrogens is 480 g/mol. The molecule has 36 heavy (non-hydrogen) atoms. The van der Waals surface area contributed by atoms with Crippen molar-refractivity contribution in [2.45, 2.75) is 31.8 Å². The van der Waals surface area contributed by atoms with Crippen LogP contribution in [0.25, 0.3) is 0 Å². The summed E-state index contributed by atoms with van der Waals surface area (Å²) in [6.45, 7) is 3.93. The Kier molecular flexibility index (Phi) is 9.37. The number of carbonyl (C=O) groups excluding carboxylic acids is 1. The predicted octanol–water partition coefficient (Wildman–Crippen LogP) is 2.04. The topological polar surface area (TPSA) is 143 Å². The number of hydroxylamine groups is 2. The van der Waals surface area contributed by atoms with Crippen LogP contribution in [0.15, 0.2) is 76.4 Å². The molecule has 0 bridgehead atoms. The van der Waals surface area contributed by atoms with E-state index in [-0.39, 0.29) is 31.3 Å². The molecule has 1 atom stereocenters. The van der Waals surface area contributed by atoms with Crippen molar-refractivity contribution in [2.24, 2.45) is 5.73 Å². The lowest BCUT2D eigenvalue weighted by Crippen LogP contribution is -2.39. The Hall–Kier alpha value is -3.96. The third kappa shape index (κ3) is 7.52. The van der Waals surface area contributed by atoms with Gasteiger partial charge in [0.2, 0.25) is 11.9 Å². The van der Waals surface area contributed by atoms with Crippen LogP contribution in [0.4, 0.5) is 5.69 Å². The van der Waals surface area contributed by atoms with Crippen LogP contribution in [0.2, 0.25) is 0 Å². The summed E-state index contributed by atoms with van der Waals surface area (Å²) in [7, 11) is -1.62. The van der Waals surface area contributed by atoms with Gasteiger partial charge in [-0.25, -0.2) is 9.27 Å². The van der Waals surface area contributed by atoms with Gasteiger partial charge in [-0.3, -0.25) is 24.6 Å². The highest BCUT2D eigenvalue weighted by atomic mass is 32.2. The summed E-state index contributed by atoms with van der Waals surface area (Å²) < 4.78 is 16.7. The van der Waals surface area contributed by atoms with E-state index in [2.05, 4.69) is 10.0 Å². The standard InChI is InChI=1S/C25H30N6O4S/c1-18-7-6-10-21(15-18)36(34)29-22-12-11-19(2)30(24(22)33)17-23(32)28-13-14-35-31(25(26)27)16-20-8-4-3-5-9-20/h3-12,15,29H,13-14,16-17H2,1-2H3,(H3,26,27)(H,28,32). The molecule has 3 rings (SSSR count). The van der Waals surface area contributed by atoms with E-state index in [4.69, 9.17) is 16.0 Å². The zero-order chi connectivity index (χ0) is 26.1. The normalized spacial score (nSPS) is 11.5. The molecule has 3 aromatic rings. The second-order valence-electron chi connectivity index (χ2n) is 8.06. The summed E-state index contributed by atoms with van der Waals surface area (Å²) in [5.41, 5.74) is 7.73. The average Bonchev–Trinajstić information content (AvgIpc) is 2.85. The van der Waals surface area contributed by atoms with Gasteiger partial charge in [0.25, 0.3) is 5.56 Å². The monoisotopic (exact) mass is 510 g/mol. The Morgan fingerprint density at radius 1 is 1.11 bits per heavy atom. The van der Waals surface area contributed by atoms with Gasteiger partial charge in [-0.15, -0.1) is 0 Å². The van der Waals surface area contributed by atoms with Crippen LogP contribution in [-0.4, -0.2) is 38.9 Å². The van der Waals surface area contributed by atoms with Crippen molar-refractivity contribution in [1.29, 1.82) is 5.41 Å². The van der Waals surface area contributed by atoms with Gasteiger partial charge in [0, 0.05) is 12.2 Å². The van der Waals surface area contributed by atoms with Crippen LogP contribution < -0.4 is 21.3 Å². The molecular formula is C25H30N6O4S. The minimum absolute atomic E-state index is 0.0864. The molecule has 1 heterocycles. The van der Waals surface area contributed by atoms with E-state index < -0.39 is 22.5 Å². The van der Waals surface area contributed by atoms with Crippen LogP contribution in [0.1, 0.15) is 16.8 Å². The van der Waals surface area contributed by atoms with Crippen molar-refractivity contribution in [2.75, 3.05) is 17.9 Å². The summed E-state index contributed by atoms with van der Waals surface area (Å²) in [5, 5.41) is 11.6. The molecule has 0 aliphatic heterocycles. The third-order valence-corrected chi connectivity index (χ3v) is 6.30. The van der Waals surface area contributed by atoms with Crippen molar-refractivity contribution in [3.8, 4) is 0 Å². The molecule has 1 amide bonds. The zero-order valence-electron chi connectivity index (χ0n) is 20.2. The van der Waals surface area contributed by atoms with E-state index in [0.717, 1.165) is 11.1 Å². The highest BCUT2D eigenvalue weighted by Gasteiger charge is 2.14. The smallest absolute Gasteiger partial charge is 0.275 e. The van der Waals surface area contributed by atoms with Gasteiger partial charge in [0.15, 0.2) is 0 Å². The minimum Gasteiger partial charge on any atom is -0.368 e. The third-order valence-electron chi connectivity index (χ3n) is 5.21. The summed E-state index contributed by atoms with van der Waals surface area (Å²) >= 11 is 0. The largest absolute Gasteiger partial charge is 0.368 e. The van der Waals surface area contributed by atoms with Gasteiger partial charge in [-0.05, 0) is 49.2 Å². The maximum Gasteiger partial charge on any atom is 0.275 e. The van der Waals surface area contributed by atoms with Crippen LogP contribution in [0.3, 0.4) is 0 Å². The van der Waals surface area contributed by atoms with Crippen molar-refractivity contribution < 1.29 is 13.8 Å². The first kappa shape index (κ1) is 26.6. The Morgan fingerprint density at radius 3 is 2.56 bits per heavy atom. The van der Waals surface area contributed by atoms with Gasteiger partial charge < -0.3 is 15.6 Å². The number of nitrogens with one attached hydrogen (secondary N) is 3. The number of aromatic nitrogens is 1.